The summed E-state index contributed by atoms with van der Waals surface area (Å²) in [6, 6.07) is 3.92. The lowest BCUT2D eigenvalue weighted by Gasteiger charge is -2.30. The first kappa shape index (κ1) is 15.2. The van der Waals surface area contributed by atoms with Crippen LogP contribution >= 0.6 is 22.7 Å². The second kappa shape index (κ2) is 6.58. The van der Waals surface area contributed by atoms with Crippen molar-refractivity contribution in [2.45, 2.75) is 25.7 Å². The molecule has 1 amide bonds. The number of aliphatic carboxylic acids is 1. The third-order valence-corrected chi connectivity index (χ3v) is 5.56. The molecule has 0 unspecified atom stereocenters. The maximum absolute atomic E-state index is 12.3. The number of nitrogens with zero attached hydrogens (tertiary/aromatic N) is 1. The van der Waals surface area contributed by atoms with Crippen LogP contribution in [0.5, 0.6) is 0 Å². The molecule has 1 aliphatic rings. The molecule has 0 saturated heterocycles. The van der Waals surface area contributed by atoms with Crippen LogP contribution in [-0.2, 0) is 9.59 Å². The SMILES string of the molecule is O=C([O-])[C@@H]1CCCC[C@H]1C(=O)Nc1nc(-c2cccs2)cs1. The number of aromatic nitrogens is 1. The molecule has 2 atom stereocenters. The molecule has 0 aliphatic heterocycles. The minimum atomic E-state index is -1.13. The van der Waals surface area contributed by atoms with Crippen molar-refractivity contribution in [3.05, 3.63) is 22.9 Å². The van der Waals surface area contributed by atoms with Crippen molar-refractivity contribution in [3.8, 4) is 10.6 Å². The van der Waals surface area contributed by atoms with Gasteiger partial charge in [0.1, 0.15) is 0 Å². The Hall–Kier alpha value is -1.73. The summed E-state index contributed by atoms with van der Waals surface area (Å²) in [6.45, 7) is 0. The first-order chi connectivity index (χ1) is 10.6. The van der Waals surface area contributed by atoms with Crippen molar-refractivity contribution >= 4 is 39.7 Å². The Morgan fingerprint density at radius 2 is 2.00 bits per heavy atom. The van der Waals surface area contributed by atoms with Crippen molar-refractivity contribution in [1.82, 2.24) is 4.98 Å². The van der Waals surface area contributed by atoms with E-state index in [0.717, 1.165) is 23.4 Å². The number of carboxylic acid groups (broad SMARTS) is 1. The Labute approximate surface area is 136 Å². The van der Waals surface area contributed by atoms with Crippen LogP contribution in [-0.4, -0.2) is 16.9 Å². The molecule has 1 N–H and O–H groups in total. The third-order valence-electron chi connectivity index (χ3n) is 3.91. The second-order valence-electron chi connectivity index (χ2n) is 5.32. The first-order valence-corrected chi connectivity index (χ1v) is 8.92. The molecular weight excluding hydrogens is 320 g/mol. The van der Waals surface area contributed by atoms with E-state index < -0.39 is 17.8 Å². The number of nitrogens with one attached hydrogen (secondary N) is 1. The van der Waals surface area contributed by atoms with E-state index in [1.54, 1.807) is 11.3 Å². The lowest BCUT2D eigenvalue weighted by atomic mass is 9.79. The molecule has 0 spiro atoms. The zero-order chi connectivity index (χ0) is 15.5. The van der Waals surface area contributed by atoms with Crippen LogP contribution < -0.4 is 10.4 Å². The minimum absolute atomic E-state index is 0.263. The molecule has 1 aliphatic carbocycles. The molecule has 0 bridgehead atoms. The fraction of sp³-hybridized carbons (Fsp3) is 0.400. The minimum Gasteiger partial charge on any atom is -0.550 e. The summed E-state index contributed by atoms with van der Waals surface area (Å²) in [5.41, 5.74) is 0.829. The maximum Gasteiger partial charge on any atom is 0.229 e. The predicted octanol–water partition coefficient (Wildman–Crippen LogP) is 2.37. The number of anilines is 1. The van der Waals surface area contributed by atoms with Crippen molar-refractivity contribution in [2.24, 2.45) is 11.8 Å². The van der Waals surface area contributed by atoms with Gasteiger partial charge in [-0.25, -0.2) is 4.98 Å². The third kappa shape index (κ3) is 3.20. The number of carbonyl (C=O) groups excluding carboxylic acids is 2. The Morgan fingerprint density at radius 3 is 2.68 bits per heavy atom. The quantitative estimate of drug-likeness (QED) is 0.930. The number of thiazole rings is 1. The van der Waals surface area contributed by atoms with Gasteiger partial charge in [-0.2, -0.15) is 0 Å². The summed E-state index contributed by atoms with van der Waals surface area (Å²) in [7, 11) is 0. The summed E-state index contributed by atoms with van der Waals surface area (Å²) in [4.78, 5) is 29.0. The molecule has 7 heteroatoms. The number of rotatable bonds is 4. The van der Waals surface area contributed by atoms with Crippen molar-refractivity contribution in [3.63, 3.8) is 0 Å². The molecule has 22 heavy (non-hydrogen) atoms. The highest BCUT2D eigenvalue weighted by molar-refractivity contribution is 7.16. The van der Waals surface area contributed by atoms with Crippen LogP contribution in [0.3, 0.4) is 0 Å². The average molecular weight is 335 g/mol. The predicted molar refractivity (Wildman–Crippen MR) is 84.5 cm³/mol. The summed E-state index contributed by atoms with van der Waals surface area (Å²) >= 11 is 2.94. The number of carboxylic acids is 1. The molecule has 1 saturated carbocycles. The largest absolute Gasteiger partial charge is 0.550 e. The highest BCUT2D eigenvalue weighted by Crippen LogP contribution is 2.32. The van der Waals surface area contributed by atoms with Crippen LogP contribution in [0.2, 0.25) is 0 Å². The fourth-order valence-corrected chi connectivity index (χ4v) is 4.27. The maximum atomic E-state index is 12.3. The van der Waals surface area contributed by atoms with Crippen LogP contribution in [0.25, 0.3) is 10.6 Å². The number of hydrogen-bond donors (Lipinski definition) is 1. The lowest BCUT2D eigenvalue weighted by molar-refractivity contribution is -0.313. The Balaban J connectivity index is 1.70. The van der Waals surface area contributed by atoms with Crippen molar-refractivity contribution in [1.29, 1.82) is 0 Å². The molecule has 2 aromatic heterocycles. The van der Waals surface area contributed by atoms with Gasteiger partial charge in [0.15, 0.2) is 5.13 Å². The summed E-state index contributed by atoms with van der Waals surface area (Å²) in [5, 5.41) is 18.3. The van der Waals surface area contributed by atoms with E-state index in [0.29, 0.717) is 18.0 Å². The van der Waals surface area contributed by atoms with Gasteiger partial charge in [-0.3, -0.25) is 4.79 Å². The Morgan fingerprint density at radius 1 is 1.23 bits per heavy atom. The van der Waals surface area contributed by atoms with Gasteiger partial charge in [-0.05, 0) is 24.3 Å². The summed E-state index contributed by atoms with van der Waals surface area (Å²) in [5.74, 6) is -2.60. The average Bonchev–Trinajstić information content (AvgIpc) is 3.17. The monoisotopic (exact) mass is 335 g/mol. The summed E-state index contributed by atoms with van der Waals surface area (Å²) < 4.78 is 0. The van der Waals surface area contributed by atoms with Crippen LogP contribution in [0, 0.1) is 11.8 Å². The lowest BCUT2D eigenvalue weighted by Crippen LogP contribution is -2.42. The topological polar surface area (TPSA) is 82.1 Å². The van der Waals surface area contributed by atoms with Gasteiger partial charge in [-0.1, -0.05) is 18.9 Å². The molecule has 0 radical (unpaired) electrons. The number of amides is 1. The van der Waals surface area contributed by atoms with Gasteiger partial charge in [0.05, 0.1) is 10.6 Å². The molecule has 1 fully saturated rings. The van der Waals surface area contributed by atoms with Gasteiger partial charge < -0.3 is 15.2 Å². The van der Waals surface area contributed by atoms with E-state index in [1.807, 2.05) is 22.9 Å². The standard InChI is InChI=1S/C15H16N2O3S2/c18-13(9-4-1-2-5-10(9)14(19)20)17-15-16-11(8-22-15)12-6-3-7-21-12/h3,6-10H,1-2,4-5H2,(H,19,20)(H,16,17,18)/p-1/t9-,10-/m1/s1. The van der Waals surface area contributed by atoms with Gasteiger partial charge >= 0.3 is 0 Å². The molecule has 3 rings (SSSR count). The van der Waals surface area contributed by atoms with Crippen LogP contribution in [0.15, 0.2) is 22.9 Å². The zero-order valence-corrected chi connectivity index (χ0v) is 13.4. The van der Waals surface area contributed by atoms with Crippen LogP contribution in [0.4, 0.5) is 5.13 Å². The zero-order valence-electron chi connectivity index (χ0n) is 11.8. The number of carbonyl (C=O) groups is 2. The van der Waals surface area contributed by atoms with E-state index in [4.69, 9.17) is 0 Å². The fourth-order valence-electron chi connectivity index (χ4n) is 2.79. The van der Waals surface area contributed by atoms with E-state index in [1.165, 1.54) is 11.3 Å². The molecular formula is C15H15N2O3S2-. The highest BCUT2D eigenvalue weighted by Gasteiger charge is 2.32. The molecule has 0 aromatic carbocycles. The number of hydrogen-bond acceptors (Lipinski definition) is 6. The Kier molecular flexibility index (Phi) is 4.54. The van der Waals surface area contributed by atoms with Gasteiger partial charge in [0.25, 0.3) is 0 Å². The van der Waals surface area contributed by atoms with E-state index in [9.17, 15) is 14.7 Å². The summed E-state index contributed by atoms with van der Waals surface area (Å²) in [6.07, 6.45) is 2.81. The van der Waals surface area contributed by atoms with Crippen LogP contribution in [0.1, 0.15) is 25.7 Å². The second-order valence-corrected chi connectivity index (χ2v) is 7.13. The van der Waals surface area contributed by atoms with E-state index in [2.05, 4.69) is 10.3 Å². The molecule has 2 heterocycles. The Bertz CT molecular complexity index is 666. The van der Waals surface area contributed by atoms with E-state index in [-0.39, 0.29) is 5.91 Å². The van der Waals surface area contributed by atoms with Gasteiger partial charge in [0.2, 0.25) is 5.91 Å². The highest BCUT2D eigenvalue weighted by atomic mass is 32.1. The van der Waals surface area contributed by atoms with Crippen molar-refractivity contribution in [2.75, 3.05) is 5.32 Å². The van der Waals surface area contributed by atoms with Gasteiger partial charge in [0, 0.05) is 23.2 Å². The first-order valence-electron chi connectivity index (χ1n) is 7.16. The van der Waals surface area contributed by atoms with Crippen molar-refractivity contribution < 1.29 is 14.7 Å². The molecule has 5 nitrogen and oxygen atoms in total. The number of thiophene rings is 1. The molecule has 116 valence electrons. The van der Waals surface area contributed by atoms with Gasteiger partial charge in [-0.15, -0.1) is 22.7 Å². The smallest absolute Gasteiger partial charge is 0.229 e. The molecule has 2 aromatic rings. The normalized spacial score (nSPS) is 21.5. The van der Waals surface area contributed by atoms with E-state index >= 15 is 0 Å².